The molecule has 1 aromatic heterocycles. The van der Waals surface area contributed by atoms with Gasteiger partial charge in [0.15, 0.2) is 15.7 Å². The van der Waals surface area contributed by atoms with Gasteiger partial charge in [0.1, 0.15) is 5.69 Å². The number of benzene rings is 2. The number of H-pyrrole nitrogens is 1. The van der Waals surface area contributed by atoms with Gasteiger partial charge in [-0.05, 0) is 37.4 Å². The third-order valence-electron chi connectivity index (χ3n) is 6.31. The molecule has 2 aromatic carbocycles. The molecule has 0 saturated carbocycles. The second kappa shape index (κ2) is 8.46. The number of nitrogens with two attached hydrogens (primary N) is 1. The molecule has 3 heterocycles. The molecule has 0 spiro atoms. The van der Waals surface area contributed by atoms with E-state index in [0.717, 1.165) is 43.1 Å². The molecule has 0 radical (unpaired) electrons. The fourth-order valence-corrected chi connectivity index (χ4v) is 5.22. The van der Waals surface area contributed by atoms with Crippen molar-refractivity contribution in [3.05, 3.63) is 72.1 Å². The third-order valence-corrected chi connectivity index (χ3v) is 7.47. The lowest BCUT2D eigenvalue weighted by molar-refractivity contribution is 0.313. The van der Waals surface area contributed by atoms with Crippen molar-refractivity contribution < 1.29 is 8.42 Å². The molecule has 9 nitrogen and oxygen atoms in total. The Bertz CT molecular complexity index is 1330. The minimum atomic E-state index is -3.43. The molecule has 10 heteroatoms. The Morgan fingerprint density at radius 3 is 2.44 bits per heavy atom. The second-order valence-electron chi connectivity index (χ2n) is 8.85. The number of hydrogen-bond acceptors (Lipinski definition) is 8. The lowest BCUT2D eigenvalue weighted by Gasteiger charge is -2.35. The number of rotatable bonds is 4. The van der Waals surface area contributed by atoms with Gasteiger partial charge in [-0.15, -0.1) is 0 Å². The van der Waals surface area contributed by atoms with Crippen LogP contribution in [0.2, 0.25) is 0 Å². The first-order valence-corrected chi connectivity index (χ1v) is 13.1. The summed E-state index contributed by atoms with van der Waals surface area (Å²) in [5.74, 6) is -0.765. The summed E-state index contributed by atoms with van der Waals surface area (Å²) in [6.45, 7) is 4.05. The number of anilines is 3. The number of sulfone groups is 1. The minimum absolute atomic E-state index is 0.198. The number of hydrogen-bond donors (Lipinski definition) is 4. The fourth-order valence-electron chi connectivity index (χ4n) is 4.37. The molecule has 0 aliphatic carbocycles. The molecule has 3 aromatic rings. The van der Waals surface area contributed by atoms with Crippen LogP contribution >= 0.6 is 0 Å². The normalized spacial score (nSPS) is 20.9. The van der Waals surface area contributed by atoms with E-state index in [4.69, 9.17) is 10.7 Å². The van der Waals surface area contributed by atoms with Crippen LogP contribution in [0.4, 0.5) is 17.1 Å². The fraction of sp³-hybridized carbons (Fsp3) is 0.292. The first kappa shape index (κ1) is 22.5. The van der Waals surface area contributed by atoms with Gasteiger partial charge < -0.3 is 25.4 Å². The summed E-state index contributed by atoms with van der Waals surface area (Å²) in [6.07, 6.45) is 2.98. The third kappa shape index (κ3) is 4.27. The highest BCUT2D eigenvalue weighted by molar-refractivity contribution is 7.90. The smallest absolute Gasteiger partial charge is 0.211 e. The van der Waals surface area contributed by atoms with Crippen LogP contribution in [-0.4, -0.2) is 63.6 Å². The van der Waals surface area contributed by atoms with Crippen molar-refractivity contribution in [1.29, 1.82) is 0 Å². The van der Waals surface area contributed by atoms with Crippen molar-refractivity contribution in [2.24, 2.45) is 10.7 Å². The van der Waals surface area contributed by atoms with E-state index in [-0.39, 0.29) is 4.90 Å². The second-order valence-corrected chi connectivity index (χ2v) is 10.8. The summed E-state index contributed by atoms with van der Waals surface area (Å²) in [5, 5.41) is 6.51. The first-order valence-electron chi connectivity index (χ1n) is 11.2. The van der Waals surface area contributed by atoms with Crippen molar-refractivity contribution in [3.8, 4) is 0 Å². The molecule has 1 atom stereocenters. The van der Waals surface area contributed by atoms with E-state index in [2.05, 4.69) is 44.6 Å². The monoisotopic (exact) mass is 479 g/mol. The molecule has 5 rings (SSSR count). The Morgan fingerprint density at radius 2 is 1.74 bits per heavy atom. The molecule has 1 unspecified atom stereocenters. The molecule has 2 aliphatic heterocycles. The average Bonchev–Trinajstić information content (AvgIpc) is 3.28. The van der Waals surface area contributed by atoms with Crippen molar-refractivity contribution in [1.82, 2.24) is 9.88 Å². The van der Waals surface area contributed by atoms with Crippen LogP contribution in [0.1, 0.15) is 11.3 Å². The van der Waals surface area contributed by atoms with Gasteiger partial charge in [0.2, 0.25) is 5.79 Å². The molecular formula is C24H29N7O2S. The van der Waals surface area contributed by atoms with E-state index in [1.165, 1.54) is 6.26 Å². The lowest BCUT2D eigenvalue weighted by Crippen LogP contribution is -2.47. The number of piperazine rings is 1. The van der Waals surface area contributed by atoms with E-state index in [1.54, 1.807) is 30.5 Å². The maximum Gasteiger partial charge on any atom is 0.211 e. The lowest BCUT2D eigenvalue weighted by atomic mass is 10.0. The quantitative estimate of drug-likeness (QED) is 0.453. The van der Waals surface area contributed by atoms with Crippen LogP contribution < -0.4 is 21.3 Å². The molecular weight excluding hydrogens is 450 g/mol. The summed E-state index contributed by atoms with van der Waals surface area (Å²) in [6, 6.07) is 16.8. The van der Waals surface area contributed by atoms with E-state index < -0.39 is 15.6 Å². The SMILES string of the molecule is CN1CCN(c2ccc(C3(N)N=C(Nc4ccccc4S(C)(=O)=O)c4[nH]ccc4N3)cc2)CC1. The van der Waals surface area contributed by atoms with E-state index in [1.807, 2.05) is 18.2 Å². The van der Waals surface area contributed by atoms with E-state index in [0.29, 0.717) is 17.2 Å². The number of para-hydroxylation sites is 1. The zero-order valence-corrected chi connectivity index (χ0v) is 20.1. The largest absolute Gasteiger partial charge is 0.369 e. The predicted octanol–water partition coefficient (Wildman–Crippen LogP) is 2.22. The maximum atomic E-state index is 12.3. The van der Waals surface area contributed by atoms with Crippen molar-refractivity contribution in [2.45, 2.75) is 10.7 Å². The predicted molar refractivity (Wildman–Crippen MR) is 136 cm³/mol. The number of amidine groups is 1. The molecule has 34 heavy (non-hydrogen) atoms. The topological polar surface area (TPSA) is 119 Å². The van der Waals surface area contributed by atoms with Crippen LogP contribution in [0.3, 0.4) is 0 Å². The number of nitrogens with zero attached hydrogens (tertiary/aromatic N) is 3. The number of fused-ring (bicyclic) bond motifs is 1. The van der Waals surface area contributed by atoms with E-state index >= 15 is 0 Å². The Kier molecular flexibility index (Phi) is 5.59. The van der Waals surface area contributed by atoms with Crippen molar-refractivity contribution in [2.75, 3.05) is 55.0 Å². The van der Waals surface area contributed by atoms with Crippen LogP contribution in [-0.2, 0) is 15.6 Å². The molecule has 0 amide bonds. The number of aliphatic imine (C=N–C) groups is 1. The minimum Gasteiger partial charge on any atom is -0.369 e. The van der Waals surface area contributed by atoms with Gasteiger partial charge >= 0.3 is 0 Å². The number of aromatic nitrogens is 1. The zero-order valence-electron chi connectivity index (χ0n) is 19.2. The molecule has 5 N–H and O–H groups in total. The van der Waals surface area contributed by atoms with E-state index in [9.17, 15) is 8.42 Å². The Hall–Kier alpha value is -3.34. The summed E-state index contributed by atoms with van der Waals surface area (Å²) in [7, 11) is -1.29. The number of aromatic amines is 1. The highest BCUT2D eigenvalue weighted by Gasteiger charge is 2.34. The standard InChI is InChI=1S/C24H29N7O2S/c1-30-13-15-31(16-14-30)18-9-7-17(8-10-18)24(25)28-20-11-12-26-22(20)23(29-24)27-19-5-3-4-6-21(19)34(2,32)33/h3-12,26,28H,13-16,25H2,1-2H3,(H,27,29). The van der Waals surface area contributed by atoms with Gasteiger partial charge in [-0.2, -0.15) is 0 Å². The number of likely N-dealkylation sites (N-methyl/N-ethyl adjacent to an activating group) is 1. The summed E-state index contributed by atoms with van der Waals surface area (Å²) in [4.78, 5) is 12.8. The van der Waals surface area contributed by atoms with Crippen LogP contribution in [0, 0.1) is 0 Å². The van der Waals surface area contributed by atoms with Gasteiger partial charge in [0, 0.05) is 49.9 Å². The number of nitrogens with one attached hydrogen (secondary N) is 3. The Balaban J connectivity index is 1.47. The Labute approximate surface area is 199 Å². The molecule has 0 bridgehead atoms. The Morgan fingerprint density at radius 1 is 1.03 bits per heavy atom. The summed E-state index contributed by atoms with van der Waals surface area (Å²) < 4.78 is 24.6. The first-order chi connectivity index (χ1) is 16.2. The maximum absolute atomic E-state index is 12.3. The van der Waals surface area contributed by atoms with Gasteiger partial charge in [-0.25, -0.2) is 13.4 Å². The van der Waals surface area contributed by atoms with Gasteiger partial charge in [-0.1, -0.05) is 24.3 Å². The van der Waals surface area contributed by atoms with Crippen LogP contribution in [0.25, 0.3) is 0 Å². The molecule has 178 valence electrons. The van der Waals surface area contributed by atoms with Gasteiger partial charge in [0.25, 0.3) is 0 Å². The molecule has 1 fully saturated rings. The summed E-state index contributed by atoms with van der Waals surface area (Å²) >= 11 is 0. The van der Waals surface area contributed by atoms with Crippen molar-refractivity contribution in [3.63, 3.8) is 0 Å². The van der Waals surface area contributed by atoms with Crippen molar-refractivity contribution >= 4 is 32.7 Å². The van der Waals surface area contributed by atoms with Gasteiger partial charge in [0.05, 0.1) is 16.3 Å². The molecule has 1 saturated heterocycles. The molecule has 2 aliphatic rings. The summed E-state index contributed by atoms with van der Waals surface area (Å²) in [5.41, 5.74) is 10.7. The average molecular weight is 480 g/mol. The van der Waals surface area contributed by atoms with Gasteiger partial charge in [-0.3, -0.25) is 5.73 Å². The van der Waals surface area contributed by atoms with Crippen LogP contribution in [0.5, 0.6) is 0 Å². The van der Waals surface area contributed by atoms with Crippen LogP contribution in [0.15, 0.2) is 70.7 Å². The highest BCUT2D eigenvalue weighted by Crippen LogP contribution is 2.33. The highest BCUT2D eigenvalue weighted by atomic mass is 32.2. The zero-order chi connectivity index (χ0) is 23.9.